The lowest BCUT2D eigenvalue weighted by molar-refractivity contribution is 0.0702. The smallest absolute Gasteiger partial charge is 0.345 e. The van der Waals surface area contributed by atoms with E-state index in [1.54, 1.807) is 0 Å². The van der Waals surface area contributed by atoms with Crippen LogP contribution in [0.4, 0.5) is 11.4 Å². The number of aromatic carboxylic acids is 1. The van der Waals surface area contributed by atoms with Gasteiger partial charge in [-0.2, -0.15) is 0 Å². The van der Waals surface area contributed by atoms with E-state index >= 15 is 0 Å². The highest BCUT2D eigenvalue weighted by Crippen LogP contribution is 2.24. The number of benzene rings is 1. The number of amides is 1. The highest BCUT2D eigenvalue weighted by molar-refractivity contribution is 7.15. The van der Waals surface area contributed by atoms with E-state index in [0.717, 1.165) is 22.6 Å². The average Bonchev–Trinajstić information content (AvgIpc) is 2.90. The summed E-state index contributed by atoms with van der Waals surface area (Å²) in [6, 6.07) is 8.60. The summed E-state index contributed by atoms with van der Waals surface area (Å²) < 4.78 is 0. The van der Waals surface area contributed by atoms with Crippen LogP contribution < -0.4 is 10.2 Å². The standard InChI is InChI=1S/C15H16N2O3S/c1-9-4-5-10(8-11(9)17(2)3)16-14(18)12-6-7-13(21-12)15(19)20/h4-8H,1-3H3,(H,16,18)(H,19,20). The number of nitrogens with one attached hydrogen (secondary N) is 1. The van der Waals surface area contributed by atoms with Gasteiger partial charge in [-0.25, -0.2) is 4.79 Å². The molecule has 2 rings (SSSR count). The quantitative estimate of drug-likeness (QED) is 0.910. The number of carboxylic acid groups (broad SMARTS) is 1. The van der Waals surface area contributed by atoms with E-state index in [4.69, 9.17) is 5.11 Å². The SMILES string of the molecule is Cc1ccc(NC(=O)c2ccc(C(=O)O)s2)cc1N(C)C. The highest BCUT2D eigenvalue weighted by atomic mass is 32.1. The Labute approximate surface area is 126 Å². The zero-order valence-electron chi connectivity index (χ0n) is 12.0. The summed E-state index contributed by atoms with van der Waals surface area (Å²) in [5.41, 5.74) is 2.81. The molecule has 110 valence electrons. The maximum Gasteiger partial charge on any atom is 0.345 e. The zero-order valence-corrected chi connectivity index (χ0v) is 12.8. The van der Waals surface area contributed by atoms with Crippen LogP contribution in [0.3, 0.4) is 0 Å². The van der Waals surface area contributed by atoms with Crippen LogP contribution in [0.1, 0.15) is 24.9 Å². The largest absolute Gasteiger partial charge is 0.477 e. The average molecular weight is 304 g/mol. The van der Waals surface area contributed by atoms with E-state index in [2.05, 4.69) is 5.32 Å². The van der Waals surface area contributed by atoms with Crippen LogP contribution >= 0.6 is 11.3 Å². The lowest BCUT2D eigenvalue weighted by Gasteiger charge is -2.17. The van der Waals surface area contributed by atoms with Crippen molar-refractivity contribution >= 4 is 34.6 Å². The first kappa shape index (κ1) is 15.1. The molecule has 1 aromatic heterocycles. The maximum atomic E-state index is 12.1. The van der Waals surface area contributed by atoms with Gasteiger partial charge < -0.3 is 15.3 Å². The van der Waals surface area contributed by atoms with Gasteiger partial charge in [0, 0.05) is 25.5 Å². The van der Waals surface area contributed by atoms with E-state index in [1.807, 2.05) is 44.1 Å². The number of thiophene rings is 1. The van der Waals surface area contributed by atoms with Crippen molar-refractivity contribution in [2.45, 2.75) is 6.92 Å². The van der Waals surface area contributed by atoms with Gasteiger partial charge >= 0.3 is 5.97 Å². The molecular formula is C15H16N2O3S. The number of aryl methyl sites for hydroxylation is 1. The molecule has 0 aliphatic heterocycles. The normalized spacial score (nSPS) is 10.2. The number of rotatable bonds is 4. The molecule has 0 spiro atoms. The molecule has 1 amide bonds. The molecule has 2 aromatic rings. The summed E-state index contributed by atoms with van der Waals surface area (Å²) in [6.45, 7) is 2.00. The highest BCUT2D eigenvalue weighted by Gasteiger charge is 2.13. The molecule has 21 heavy (non-hydrogen) atoms. The van der Waals surface area contributed by atoms with Crippen molar-refractivity contribution in [3.8, 4) is 0 Å². The molecule has 0 aliphatic carbocycles. The molecule has 6 heteroatoms. The topological polar surface area (TPSA) is 69.6 Å². The van der Waals surface area contributed by atoms with E-state index < -0.39 is 5.97 Å². The number of anilines is 2. The Morgan fingerprint density at radius 2 is 1.81 bits per heavy atom. The molecule has 5 nitrogen and oxygen atoms in total. The van der Waals surface area contributed by atoms with Gasteiger partial charge in [-0.1, -0.05) is 6.07 Å². The minimum Gasteiger partial charge on any atom is -0.477 e. The fourth-order valence-corrected chi connectivity index (χ4v) is 2.68. The molecule has 0 bridgehead atoms. The maximum absolute atomic E-state index is 12.1. The number of carbonyl (C=O) groups excluding carboxylic acids is 1. The first-order valence-electron chi connectivity index (χ1n) is 6.31. The van der Waals surface area contributed by atoms with Crippen molar-refractivity contribution in [1.29, 1.82) is 0 Å². The first-order chi connectivity index (χ1) is 9.88. The van der Waals surface area contributed by atoms with Crippen molar-refractivity contribution < 1.29 is 14.7 Å². The number of carbonyl (C=O) groups is 2. The Kier molecular flexibility index (Phi) is 4.28. The van der Waals surface area contributed by atoms with Gasteiger partial charge in [-0.15, -0.1) is 11.3 Å². The predicted octanol–water partition coefficient (Wildman–Crippen LogP) is 3.07. The number of hydrogen-bond donors (Lipinski definition) is 2. The molecule has 1 heterocycles. The van der Waals surface area contributed by atoms with E-state index in [1.165, 1.54) is 12.1 Å². The lowest BCUT2D eigenvalue weighted by atomic mass is 10.1. The first-order valence-corrected chi connectivity index (χ1v) is 7.12. The molecular weight excluding hydrogens is 288 g/mol. The predicted molar refractivity (Wildman–Crippen MR) is 84.7 cm³/mol. The molecule has 0 atom stereocenters. The fourth-order valence-electron chi connectivity index (χ4n) is 1.94. The summed E-state index contributed by atoms with van der Waals surface area (Å²) in [5, 5.41) is 11.7. The van der Waals surface area contributed by atoms with Crippen molar-refractivity contribution in [2.75, 3.05) is 24.3 Å². The van der Waals surface area contributed by atoms with Crippen LogP contribution in [0.25, 0.3) is 0 Å². The fraction of sp³-hybridized carbons (Fsp3) is 0.200. The molecule has 0 fully saturated rings. The van der Waals surface area contributed by atoms with E-state index in [-0.39, 0.29) is 10.8 Å². The van der Waals surface area contributed by atoms with Crippen LogP contribution in [0.5, 0.6) is 0 Å². The molecule has 1 aromatic carbocycles. The molecule has 0 saturated heterocycles. The zero-order chi connectivity index (χ0) is 15.6. The third-order valence-electron chi connectivity index (χ3n) is 2.99. The lowest BCUT2D eigenvalue weighted by Crippen LogP contribution is -2.13. The minimum atomic E-state index is -1.02. The molecule has 0 radical (unpaired) electrons. The van der Waals surface area contributed by atoms with Gasteiger partial charge in [-0.05, 0) is 36.8 Å². The summed E-state index contributed by atoms with van der Waals surface area (Å²) in [5.74, 6) is -1.33. The van der Waals surface area contributed by atoms with Crippen LogP contribution in [0.2, 0.25) is 0 Å². The summed E-state index contributed by atoms with van der Waals surface area (Å²) in [6.07, 6.45) is 0. The second kappa shape index (κ2) is 5.97. The van der Waals surface area contributed by atoms with Gasteiger partial charge in [0.15, 0.2) is 0 Å². The van der Waals surface area contributed by atoms with Crippen LogP contribution in [0, 0.1) is 6.92 Å². The third-order valence-corrected chi connectivity index (χ3v) is 4.06. The third kappa shape index (κ3) is 3.41. The summed E-state index contributed by atoms with van der Waals surface area (Å²) in [7, 11) is 3.87. The second-order valence-corrected chi connectivity index (χ2v) is 5.90. The van der Waals surface area contributed by atoms with Gasteiger partial charge in [-0.3, -0.25) is 4.79 Å². The Hall–Kier alpha value is -2.34. The molecule has 0 unspecified atom stereocenters. The number of carboxylic acids is 1. The van der Waals surface area contributed by atoms with Crippen molar-refractivity contribution in [3.05, 3.63) is 45.6 Å². The van der Waals surface area contributed by atoms with Gasteiger partial charge in [0.05, 0.1) is 4.88 Å². The van der Waals surface area contributed by atoms with Gasteiger partial charge in [0.1, 0.15) is 4.88 Å². The Bertz CT molecular complexity index is 692. The Balaban J connectivity index is 2.19. The summed E-state index contributed by atoms with van der Waals surface area (Å²) in [4.78, 5) is 25.4. The van der Waals surface area contributed by atoms with Gasteiger partial charge in [0.25, 0.3) is 5.91 Å². The van der Waals surface area contributed by atoms with Gasteiger partial charge in [0.2, 0.25) is 0 Å². The number of hydrogen-bond acceptors (Lipinski definition) is 4. The van der Waals surface area contributed by atoms with Crippen LogP contribution in [0.15, 0.2) is 30.3 Å². The van der Waals surface area contributed by atoms with Crippen molar-refractivity contribution in [3.63, 3.8) is 0 Å². The van der Waals surface area contributed by atoms with Crippen molar-refractivity contribution in [2.24, 2.45) is 0 Å². The minimum absolute atomic E-state index is 0.151. The second-order valence-electron chi connectivity index (χ2n) is 4.82. The Morgan fingerprint density at radius 1 is 1.14 bits per heavy atom. The van der Waals surface area contributed by atoms with E-state index in [9.17, 15) is 9.59 Å². The summed E-state index contributed by atoms with van der Waals surface area (Å²) >= 11 is 0.960. The van der Waals surface area contributed by atoms with Crippen LogP contribution in [-0.4, -0.2) is 31.1 Å². The van der Waals surface area contributed by atoms with Crippen molar-refractivity contribution in [1.82, 2.24) is 0 Å². The van der Waals surface area contributed by atoms with Crippen LogP contribution in [-0.2, 0) is 0 Å². The molecule has 0 aliphatic rings. The molecule has 0 saturated carbocycles. The molecule has 2 N–H and O–H groups in total. The monoisotopic (exact) mass is 304 g/mol. The number of nitrogens with zero attached hydrogens (tertiary/aromatic N) is 1. The van der Waals surface area contributed by atoms with E-state index in [0.29, 0.717) is 10.6 Å². The Morgan fingerprint density at radius 3 is 2.38 bits per heavy atom.